The Hall–Kier alpha value is -3.10. The summed E-state index contributed by atoms with van der Waals surface area (Å²) in [6, 6.07) is 6.36. The SMILES string of the molecule is CCOC(=O)CNC(=O)Nc1nnc(-c2ccc(OCC)cc2)o1. The fourth-order valence-corrected chi connectivity index (χ4v) is 1.76. The molecule has 9 nitrogen and oxygen atoms in total. The quantitative estimate of drug-likeness (QED) is 0.742. The highest BCUT2D eigenvalue weighted by Crippen LogP contribution is 2.22. The first kappa shape index (κ1) is 17.3. The maximum atomic E-state index is 11.6. The van der Waals surface area contributed by atoms with Crippen LogP contribution in [-0.2, 0) is 9.53 Å². The summed E-state index contributed by atoms with van der Waals surface area (Å²) in [4.78, 5) is 22.7. The zero-order valence-electron chi connectivity index (χ0n) is 13.4. The van der Waals surface area contributed by atoms with Crippen molar-refractivity contribution in [2.45, 2.75) is 13.8 Å². The van der Waals surface area contributed by atoms with Crippen molar-refractivity contribution >= 4 is 18.0 Å². The van der Waals surface area contributed by atoms with Crippen LogP contribution in [0.2, 0.25) is 0 Å². The lowest BCUT2D eigenvalue weighted by Gasteiger charge is -2.04. The van der Waals surface area contributed by atoms with Crippen molar-refractivity contribution in [2.75, 3.05) is 25.1 Å². The maximum Gasteiger partial charge on any atom is 0.325 e. The third kappa shape index (κ3) is 4.97. The van der Waals surface area contributed by atoms with Gasteiger partial charge in [0, 0.05) is 5.56 Å². The Kier molecular flexibility index (Phi) is 6.12. The van der Waals surface area contributed by atoms with Crippen molar-refractivity contribution in [3.63, 3.8) is 0 Å². The van der Waals surface area contributed by atoms with Gasteiger partial charge in [0.25, 0.3) is 0 Å². The molecule has 0 aliphatic rings. The Labute approximate surface area is 138 Å². The van der Waals surface area contributed by atoms with Gasteiger partial charge in [-0.05, 0) is 38.1 Å². The van der Waals surface area contributed by atoms with Crippen LogP contribution in [0.25, 0.3) is 11.5 Å². The first-order valence-corrected chi connectivity index (χ1v) is 7.39. The summed E-state index contributed by atoms with van der Waals surface area (Å²) in [6.45, 7) is 4.15. The number of nitrogens with one attached hydrogen (secondary N) is 2. The molecule has 1 heterocycles. The zero-order valence-corrected chi connectivity index (χ0v) is 13.4. The number of esters is 1. The van der Waals surface area contributed by atoms with E-state index in [0.29, 0.717) is 12.2 Å². The molecule has 2 aromatic rings. The minimum atomic E-state index is -0.648. The second-order valence-corrected chi connectivity index (χ2v) is 4.48. The van der Waals surface area contributed by atoms with Crippen LogP contribution in [0.3, 0.4) is 0 Å². The van der Waals surface area contributed by atoms with E-state index < -0.39 is 12.0 Å². The Balaban J connectivity index is 1.90. The van der Waals surface area contributed by atoms with Crippen LogP contribution in [0.1, 0.15) is 13.8 Å². The molecule has 128 valence electrons. The third-order valence-electron chi connectivity index (χ3n) is 2.76. The van der Waals surface area contributed by atoms with Gasteiger partial charge in [0.15, 0.2) is 0 Å². The number of hydrogen-bond acceptors (Lipinski definition) is 7. The first-order valence-electron chi connectivity index (χ1n) is 7.39. The number of urea groups is 1. The molecule has 0 bridgehead atoms. The number of hydrogen-bond donors (Lipinski definition) is 2. The van der Waals surface area contributed by atoms with Crippen molar-refractivity contribution in [1.82, 2.24) is 15.5 Å². The van der Waals surface area contributed by atoms with E-state index in [-0.39, 0.29) is 25.1 Å². The average Bonchev–Trinajstić information content (AvgIpc) is 3.03. The summed E-state index contributed by atoms with van der Waals surface area (Å²) in [5.41, 5.74) is 0.686. The largest absolute Gasteiger partial charge is 0.494 e. The van der Waals surface area contributed by atoms with E-state index in [9.17, 15) is 9.59 Å². The van der Waals surface area contributed by atoms with Crippen LogP contribution >= 0.6 is 0 Å². The lowest BCUT2D eigenvalue weighted by Crippen LogP contribution is -2.34. The van der Waals surface area contributed by atoms with Crippen LogP contribution in [0.4, 0.5) is 10.8 Å². The number of ether oxygens (including phenoxy) is 2. The van der Waals surface area contributed by atoms with Gasteiger partial charge in [0.1, 0.15) is 12.3 Å². The standard InChI is InChI=1S/C15H18N4O5/c1-3-22-11-7-5-10(6-8-11)13-18-19-15(24-13)17-14(21)16-9-12(20)23-4-2/h5-8H,3-4,9H2,1-2H3,(H2,16,17,19,21). The number of rotatable bonds is 7. The number of carbonyl (C=O) groups is 2. The molecule has 2 rings (SSSR count). The predicted octanol–water partition coefficient (Wildman–Crippen LogP) is 1.82. The molecule has 0 fully saturated rings. The van der Waals surface area contributed by atoms with Gasteiger partial charge in [0.2, 0.25) is 5.89 Å². The summed E-state index contributed by atoms with van der Waals surface area (Å²) in [7, 11) is 0. The molecule has 0 aliphatic carbocycles. The van der Waals surface area contributed by atoms with Crippen molar-refractivity contribution in [2.24, 2.45) is 0 Å². The summed E-state index contributed by atoms with van der Waals surface area (Å²) in [5, 5.41) is 12.2. The van der Waals surface area contributed by atoms with Crippen molar-refractivity contribution in [1.29, 1.82) is 0 Å². The number of carbonyl (C=O) groups excluding carboxylic acids is 2. The third-order valence-corrected chi connectivity index (χ3v) is 2.76. The van der Waals surface area contributed by atoms with E-state index in [1.54, 1.807) is 31.2 Å². The molecule has 0 aliphatic heterocycles. The number of aromatic nitrogens is 2. The van der Waals surface area contributed by atoms with Gasteiger partial charge >= 0.3 is 18.0 Å². The van der Waals surface area contributed by atoms with Gasteiger partial charge in [-0.15, -0.1) is 5.10 Å². The fraction of sp³-hybridized carbons (Fsp3) is 0.333. The first-order chi connectivity index (χ1) is 11.6. The minimum absolute atomic E-state index is 0.0831. The molecule has 0 atom stereocenters. The molecule has 9 heteroatoms. The molecule has 1 aromatic heterocycles. The topological polar surface area (TPSA) is 116 Å². The highest BCUT2D eigenvalue weighted by molar-refractivity contribution is 5.89. The number of nitrogens with zero attached hydrogens (tertiary/aromatic N) is 2. The summed E-state index contributed by atoms with van der Waals surface area (Å²) in [6.07, 6.45) is 0. The second-order valence-electron chi connectivity index (χ2n) is 4.48. The number of benzene rings is 1. The molecule has 0 saturated heterocycles. The molecule has 0 radical (unpaired) electrons. The lowest BCUT2D eigenvalue weighted by atomic mass is 10.2. The van der Waals surface area contributed by atoms with Gasteiger partial charge in [-0.2, -0.15) is 0 Å². The zero-order chi connectivity index (χ0) is 17.4. The van der Waals surface area contributed by atoms with Crippen LogP contribution < -0.4 is 15.4 Å². The Morgan fingerprint density at radius 3 is 2.54 bits per heavy atom. The second kappa shape index (κ2) is 8.51. The van der Waals surface area contributed by atoms with Crippen LogP contribution in [0.15, 0.2) is 28.7 Å². The van der Waals surface area contributed by atoms with Crippen molar-refractivity contribution in [3.8, 4) is 17.2 Å². The smallest absolute Gasteiger partial charge is 0.325 e. The molecular weight excluding hydrogens is 316 g/mol. The van der Waals surface area contributed by atoms with E-state index in [2.05, 4.69) is 25.6 Å². The average molecular weight is 334 g/mol. The van der Waals surface area contributed by atoms with Gasteiger partial charge in [-0.25, -0.2) is 4.79 Å². The normalized spacial score (nSPS) is 10.1. The van der Waals surface area contributed by atoms with E-state index in [0.717, 1.165) is 5.75 Å². The van der Waals surface area contributed by atoms with E-state index in [1.807, 2.05) is 6.92 Å². The van der Waals surface area contributed by atoms with E-state index in [1.165, 1.54) is 0 Å². The van der Waals surface area contributed by atoms with Crippen LogP contribution in [-0.4, -0.2) is 42.0 Å². The monoisotopic (exact) mass is 334 g/mol. The van der Waals surface area contributed by atoms with E-state index in [4.69, 9.17) is 9.15 Å². The Bertz CT molecular complexity index is 683. The van der Waals surface area contributed by atoms with Crippen LogP contribution in [0.5, 0.6) is 5.75 Å². The molecule has 2 amide bonds. The molecule has 0 spiro atoms. The molecule has 0 saturated carbocycles. The fourth-order valence-electron chi connectivity index (χ4n) is 1.76. The molecular formula is C15H18N4O5. The van der Waals surface area contributed by atoms with Crippen molar-refractivity contribution in [3.05, 3.63) is 24.3 Å². The molecule has 24 heavy (non-hydrogen) atoms. The predicted molar refractivity (Wildman–Crippen MR) is 84.6 cm³/mol. The summed E-state index contributed by atoms with van der Waals surface area (Å²) >= 11 is 0. The highest BCUT2D eigenvalue weighted by Gasteiger charge is 2.12. The van der Waals surface area contributed by atoms with Gasteiger partial charge < -0.3 is 19.2 Å². The van der Waals surface area contributed by atoms with Gasteiger partial charge in [0.05, 0.1) is 13.2 Å². The van der Waals surface area contributed by atoms with Crippen LogP contribution in [0, 0.1) is 0 Å². The number of amides is 2. The molecule has 2 N–H and O–H groups in total. The van der Waals surface area contributed by atoms with E-state index >= 15 is 0 Å². The number of anilines is 1. The Morgan fingerprint density at radius 1 is 1.12 bits per heavy atom. The minimum Gasteiger partial charge on any atom is -0.494 e. The van der Waals surface area contributed by atoms with Gasteiger partial charge in [-0.1, -0.05) is 5.10 Å². The maximum absolute atomic E-state index is 11.6. The molecule has 1 aromatic carbocycles. The highest BCUT2D eigenvalue weighted by atomic mass is 16.5. The summed E-state index contributed by atoms with van der Waals surface area (Å²) < 4.78 is 15.4. The van der Waals surface area contributed by atoms with Gasteiger partial charge in [-0.3, -0.25) is 10.1 Å². The molecule has 0 unspecified atom stereocenters. The summed E-state index contributed by atoms with van der Waals surface area (Å²) in [5.74, 6) is 0.449. The lowest BCUT2D eigenvalue weighted by molar-refractivity contribution is -0.141. The Morgan fingerprint density at radius 2 is 1.88 bits per heavy atom. The van der Waals surface area contributed by atoms with Crippen molar-refractivity contribution < 1.29 is 23.5 Å².